The number of nitrogens with two attached hydrogens (primary N) is 1. The molecule has 2 rings (SSSR count). The molecule has 3 heteroatoms. The molecule has 1 atom stereocenters. The Morgan fingerprint density at radius 1 is 1.10 bits per heavy atom. The highest BCUT2D eigenvalue weighted by molar-refractivity contribution is 5.28. The normalized spacial score (nSPS) is 14.0. The molecule has 0 spiro atoms. The van der Waals surface area contributed by atoms with Gasteiger partial charge in [-0.25, -0.2) is 0 Å². The summed E-state index contributed by atoms with van der Waals surface area (Å²) in [6, 6.07) is 18.4. The number of rotatable bonds is 6. The molecule has 3 nitrogen and oxygen atoms in total. The number of ether oxygens (including phenoxy) is 1. The van der Waals surface area contributed by atoms with Gasteiger partial charge in [-0.2, -0.15) is 0 Å². The van der Waals surface area contributed by atoms with E-state index in [0.717, 1.165) is 24.4 Å². The van der Waals surface area contributed by atoms with Crippen molar-refractivity contribution < 1.29 is 4.74 Å². The highest BCUT2D eigenvalue weighted by Crippen LogP contribution is 2.20. The van der Waals surface area contributed by atoms with E-state index >= 15 is 0 Å². The van der Waals surface area contributed by atoms with Gasteiger partial charge in [0.2, 0.25) is 0 Å². The van der Waals surface area contributed by atoms with Crippen LogP contribution in [-0.2, 0) is 12.1 Å². The van der Waals surface area contributed by atoms with Gasteiger partial charge in [0, 0.05) is 13.1 Å². The van der Waals surface area contributed by atoms with Gasteiger partial charge >= 0.3 is 0 Å². The molecule has 112 valence electrons. The lowest BCUT2D eigenvalue weighted by Crippen LogP contribution is -2.43. The van der Waals surface area contributed by atoms with Crippen LogP contribution in [0.2, 0.25) is 0 Å². The van der Waals surface area contributed by atoms with Gasteiger partial charge in [0.15, 0.2) is 0 Å². The van der Waals surface area contributed by atoms with E-state index in [-0.39, 0.29) is 5.54 Å². The lowest BCUT2D eigenvalue weighted by atomic mass is 9.92. The first-order valence-corrected chi connectivity index (χ1v) is 7.17. The summed E-state index contributed by atoms with van der Waals surface area (Å²) in [6.07, 6.45) is 0. The number of benzene rings is 2. The Bertz CT molecular complexity index is 566. The maximum Gasteiger partial charge on any atom is 0.119 e. The highest BCUT2D eigenvalue weighted by Gasteiger charge is 2.22. The number of hydrogen-bond acceptors (Lipinski definition) is 3. The predicted octanol–water partition coefficient (Wildman–Crippen LogP) is 3.00. The van der Waals surface area contributed by atoms with Crippen LogP contribution in [0.3, 0.4) is 0 Å². The SMILES string of the molecule is COc1cccc(CN(C)CC(C)(N)c2ccccc2)c1. The Morgan fingerprint density at radius 3 is 2.48 bits per heavy atom. The molecule has 0 bridgehead atoms. The first-order chi connectivity index (χ1) is 10.0. The number of likely N-dealkylation sites (N-methyl/N-ethyl adjacent to an activating group) is 1. The second kappa shape index (κ2) is 6.74. The molecule has 21 heavy (non-hydrogen) atoms. The minimum absolute atomic E-state index is 0.366. The largest absolute Gasteiger partial charge is 0.497 e. The lowest BCUT2D eigenvalue weighted by Gasteiger charge is -2.30. The molecule has 2 aromatic carbocycles. The molecular formula is C18H24N2O. The molecular weight excluding hydrogens is 260 g/mol. The van der Waals surface area contributed by atoms with Crippen molar-refractivity contribution in [3.8, 4) is 5.75 Å². The molecule has 0 saturated carbocycles. The van der Waals surface area contributed by atoms with Gasteiger partial charge in [0.25, 0.3) is 0 Å². The first-order valence-electron chi connectivity index (χ1n) is 7.17. The van der Waals surface area contributed by atoms with E-state index in [1.807, 2.05) is 30.3 Å². The zero-order valence-electron chi connectivity index (χ0n) is 13.0. The molecule has 0 aliphatic carbocycles. The maximum absolute atomic E-state index is 6.48. The third kappa shape index (κ3) is 4.31. The van der Waals surface area contributed by atoms with E-state index in [4.69, 9.17) is 10.5 Å². The van der Waals surface area contributed by atoms with Gasteiger partial charge < -0.3 is 10.5 Å². The standard InChI is InChI=1S/C18H24N2O/c1-18(19,16-9-5-4-6-10-16)14-20(2)13-15-8-7-11-17(12-15)21-3/h4-12H,13-14,19H2,1-3H3. The van der Waals surface area contributed by atoms with Crippen LogP contribution >= 0.6 is 0 Å². The van der Waals surface area contributed by atoms with Crippen LogP contribution in [0.15, 0.2) is 54.6 Å². The predicted molar refractivity (Wildman–Crippen MR) is 87.3 cm³/mol. The van der Waals surface area contributed by atoms with E-state index in [1.165, 1.54) is 5.56 Å². The molecule has 1 unspecified atom stereocenters. The van der Waals surface area contributed by atoms with Crippen molar-refractivity contribution in [1.29, 1.82) is 0 Å². The van der Waals surface area contributed by atoms with Gasteiger partial charge in [-0.1, -0.05) is 42.5 Å². The summed E-state index contributed by atoms with van der Waals surface area (Å²) in [5.41, 5.74) is 8.49. The van der Waals surface area contributed by atoms with Crippen LogP contribution in [0, 0.1) is 0 Å². The molecule has 2 N–H and O–H groups in total. The minimum Gasteiger partial charge on any atom is -0.497 e. The van der Waals surface area contributed by atoms with Crippen LogP contribution in [-0.4, -0.2) is 25.6 Å². The van der Waals surface area contributed by atoms with Crippen molar-refractivity contribution in [3.63, 3.8) is 0 Å². The Hall–Kier alpha value is -1.84. The van der Waals surface area contributed by atoms with E-state index in [1.54, 1.807) is 7.11 Å². The van der Waals surface area contributed by atoms with Crippen LogP contribution < -0.4 is 10.5 Å². The Morgan fingerprint density at radius 2 is 1.81 bits per heavy atom. The molecule has 0 aromatic heterocycles. The van der Waals surface area contributed by atoms with Crippen molar-refractivity contribution in [2.24, 2.45) is 5.73 Å². The van der Waals surface area contributed by atoms with E-state index in [9.17, 15) is 0 Å². The Kier molecular flexibility index (Phi) is 4.99. The lowest BCUT2D eigenvalue weighted by molar-refractivity contribution is 0.252. The Balaban J connectivity index is 2.02. The fourth-order valence-corrected chi connectivity index (χ4v) is 2.61. The van der Waals surface area contributed by atoms with Crippen molar-refractivity contribution >= 4 is 0 Å². The summed E-state index contributed by atoms with van der Waals surface area (Å²) in [4.78, 5) is 2.24. The summed E-state index contributed by atoms with van der Waals surface area (Å²) in [7, 11) is 3.78. The quantitative estimate of drug-likeness (QED) is 0.886. The summed E-state index contributed by atoms with van der Waals surface area (Å²) >= 11 is 0. The fraction of sp³-hybridized carbons (Fsp3) is 0.333. The van der Waals surface area contributed by atoms with Gasteiger partial charge in [0.05, 0.1) is 12.6 Å². The van der Waals surface area contributed by atoms with Gasteiger partial charge in [-0.3, -0.25) is 4.90 Å². The first kappa shape index (κ1) is 15.5. The molecule has 0 heterocycles. The average molecular weight is 284 g/mol. The Labute approximate surface area is 127 Å². The van der Waals surface area contributed by atoms with Crippen LogP contribution in [0.4, 0.5) is 0 Å². The van der Waals surface area contributed by atoms with Crippen LogP contribution in [0.25, 0.3) is 0 Å². The summed E-state index contributed by atoms with van der Waals surface area (Å²) in [6.45, 7) is 3.70. The molecule has 0 aliphatic rings. The average Bonchev–Trinajstić information content (AvgIpc) is 2.47. The highest BCUT2D eigenvalue weighted by atomic mass is 16.5. The van der Waals surface area contributed by atoms with Gasteiger partial charge in [-0.15, -0.1) is 0 Å². The molecule has 0 aliphatic heterocycles. The second-order valence-corrected chi connectivity index (χ2v) is 5.81. The smallest absolute Gasteiger partial charge is 0.119 e. The fourth-order valence-electron chi connectivity index (χ4n) is 2.61. The van der Waals surface area contributed by atoms with Gasteiger partial charge in [0.1, 0.15) is 5.75 Å². The van der Waals surface area contributed by atoms with E-state index in [2.05, 4.69) is 43.1 Å². The van der Waals surface area contributed by atoms with Crippen molar-refractivity contribution in [2.45, 2.75) is 19.0 Å². The number of nitrogens with zero attached hydrogens (tertiary/aromatic N) is 1. The maximum atomic E-state index is 6.48. The number of hydrogen-bond donors (Lipinski definition) is 1. The minimum atomic E-state index is -0.366. The second-order valence-electron chi connectivity index (χ2n) is 5.81. The number of methoxy groups -OCH3 is 1. The zero-order chi connectivity index (χ0) is 15.3. The third-order valence-corrected chi connectivity index (χ3v) is 3.62. The van der Waals surface area contributed by atoms with Crippen molar-refractivity contribution in [1.82, 2.24) is 4.90 Å². The molecule has 0 radical (unpaired) electrons. The van der Waals surface area contributed by atoms with Crippen LogP contribution in [0.5, 0.6) is 5.75 Å². The molecule has 2 aromatic rings. The van der Waals surface area contributed by atoms with E-state index < -0.39 is 0 Å². The third-order valence-electron chi connectivity index (χ3n) is 3.62. The molecule has 0 amide bonds. The van der Waals surface area contributed by atoms with Crippen molar-refractivity contribution in [2.75, 3.05) is 20.7 Å². The topological polar surface area (TPSA) is 38.5 Å². The van der Waals surface area contributed by atoms with Gasteiger partial charge in [-0.05, 0) is 37.2 Å². The summed E-state index contributed by atoms with van der Waals surface area (Å²) < 4.78 is 5.26. The van der Waals surface area contributed by atoms with Crippen molar-refractivity contribution in [3.05, 3.63) is 65.7 Å². The van der Waals surface area contributed by atoms with Crippen LogP contribution in [0.1, 0.15) is 18.1 Å². The zero-order valence-corrected chi connectivity index (χ0v) is 13.0. The molecule has 0 fully saturated rings. The summed E-state index contributed by atoms with van der Waals surface area (Å²) in [5, 5.41) is 0. The van der Waals surface area contributed by atoms with E-state index in [0.29, 0.717) is 0 Å². The monoisotopic (exact) mass is 284 g/mol. The molecule has 0 saturated heterocycles. The summed E-state index contributed by atoms with van der Waals surface area (Å²) in [5.74, 6) is 0.888.